The Labute approximate surface area is 60.8 Å². The predicted molar refractivity (Wildman–Crippen MR) is 37.6 cm³/mol. The van der Waals surface area contributed by atoms with Crippen molar-refractivity contribution in [2.45, 2.75) is 18.9 Å². The van der Waals surface area contributed by atoms with E-state index >= 15 is 0 Å². The first-order valence-electron chi connectivity index (χ1n) is 3.83. The van der Waals surface area contributed by atoms with Gasteiger partial charge in [0.05, 0.1) is 12.7 Å². The van der Waals surface area contributed by atoms with E-state index in [1.165, 1.54) is 12.8 Å². The first kappa shape index (κ1) is 6.38. The van der Waals surface area contributed by atoms with E-state index in [0.717, 1.165) is 6.61 Å². The third kappa shape index (κ3) is 1.09. The number of ether oxygens (including phenoxy) is 2. The maximum Gasteiger partial charge on any atom is 0.147 e. The number of hydrogen-bond donors (Lipinski definition) is 0. The third-order valence-electron chi connectivity index (χ3n) is 2.17. The molecule has 1 saturated heterocycles. The minimum absolute atomic E-state index is 0.350. The molecule has 1 heterocycles. The molecular formula is C8H12O2. The third-order valence-corrected chi connectivity index (χ3v) is 2.17. The maximum atomic E-state index is 5.37. The van der Waals surface area contributed by atoms with Gasteiger partial charge in [-0.25, -0.2) is 0 Å². The second kappa shape index (κ2) is 2.72. The zero-order valence-corrected chi connectivity index (χ0v) is 5.95. The highest BCUT2D eigenvalue weighted by Gasteiger charge is 2.25. The Bertz CT molecular complexity index is 142. The van der Waals surface area contributed by atoms with Crippen LogP contribution in [0.4, 0.5) is 0 Å². The van der Waals surface area contributed by atoms with Crippen molar-refractivity contribution in [1.82, 2.24) is 0 Å². The van der Waals surface area contributed by atoms with Gasteiger partial charge in [-0.2, -0.15) is 0 Å². The molecule has 0 amide bonds. The molecule has 0 aromatic heterocycles. The van der Waals surface area contributed by atoms with Gasteiger partial charge in [0.1, 0.15) is 6.79 Å². The summed E-state index contributed by atoms with van der Waals surface area (Å²) in [6.45, 7) is 1.36. The van der Waals surface area contributed by atoms with Crippen molar-refractivity contribution in [3.63, 3.8) is 0 Å². The lowest BCUT2D eigenvalue weighted by atomic mass is 9.92. The van der Waals surface area contributed by atoms with Crippen LogP contribution in [0.25, 0.3) is 0 Å². The normalized spacial score (nSPS) is 39.2. The SMILES string of the molecule is C1=CC2OCOCC2CC1. The van der Waals surface area contributed by atoms with E-state index in [1.54, 1.807) is 0 Å². The quantitative estimate of drug-likeness (QED) is 0.472. The second-order valence-corrected chi connectivity index (χ2v) is 2.89. The number of rotatable bonds is 0. The van der Waals surface area contributed by atoms with Gasteiger partial charge in [-0.15, -0.1) is 0 Å². The molecule has 0 radical (unpaired) electrons. The standard InChI is InChI=1S/C8H12O2/c1-2-4-8-7(3-1)5-9-6-10-8/h2,4,7-8H,1,3,5-6H2. The smallest absolute Gasteiger partial charge is 0.147 e. The van der Waals surface area contributed by atoms with Crippen molar-refractivity contribution < 1.29 is 9.47 Å². The summed E-state index contributed by atoms with van der Waals surface area (Å²) in [5.74, 6) is 0.624. The van der Waals surface area contributed by atoms with E-state index in [-0.39, 0.29) is 0 Å². The molecule has 10 heavy (non-hydrogen) atoms. The lowest BCUT2D eigenvalue weighted by Crippen LogP contribution is -2.34. The molecule has 1 aliphatic carbocycles. The van der Waals surface area contributed by atoms with E-state index in [0.29, 0.717) is 18.8 Å². The lowest BCUT2D eigenvalue weighted by molar-refractivity contribution is -0.156. The van der Waals surface area contributed by atoms with Gasteiger partial charge in [-0.05, 0) is 12.8 Å². The van der Waals surface area contributed by atoms with Crippen LogP contribution in [0.5, 0.6) is 0 Å². The van der Waals surface area contributed by atoms with Crippen LogP contribution in [0.1, 0.15) is 12.8 Å². The van der Waals surface area contributed by atoms with Crippen LogP contribution in [0.2, 0.25) is 0 Å². The summed E-state index contributed by atoms with van der Waals surface area (Å²) in [6.07, 6.45) is 7.13. The van der Waals surface area contributed by atoms with Crippen molar-refractivity contribution in [1.29, 1.82) is 0 Å². The number of allylic oxidation sites excluding steroid dienone is 1. The number of hydrogen-bond acceptors (Lipinski definition) is 2. The zero-order chi connectivity index (χ0) is 6.81. The molecule has 0 N–H and O–H groups in total. The van der Waals surface area contributed by atoms with Crippen molar-refractivity contribution in [2.24, 2.45) is 5.92 Å². The van der Waals surface area contributed by atoms with E-state index in [4.69, 9.17) is 9.47 Å². The Hall–Kier alpha value is -0.340. The fraction of sp³-hybridized carbons (Fsp3) is 0.750. The maximum absolute atomic E-state index is 5.37. The fourth-order valence-corrected chi connectivity index (χ4v) is 1.56. The Morgan fingerprint density at radius 2 is 2.40 bits per heavy atom. The van der Waals surface area contributed by atoms with Crippen LogP contribution in [0, 0.1) is 5.92 Å². The molecule has 1 aliphatic heterocycles. The largest absolute Gasteiger partial charge is 0.355 e. The average Bonchev–Trinajstić information content (AvgIpc) is 2.05. The van der Waals surface area contributed by atoms with Crippen LogP contribution >= 0.6 is 0 Å². The predicted octanol–water partition coefficient (Wildman–Crippen LogP) is 1.33. The molecule has 0 aromatic carbocycles. The second-order valence-electron chi connectivity index (χ2n) is 2.89. The van der Waals surface area contributed by atoms with Crippen LogP contribution in [-0.4, -0.2) is 19.5 Å². The molecule has 0 spiro atoms. The number of fused-ring (bicyclic) bond motifs is 1. The molecule has 0 saturated carbocycles. The van der Waals surface area contributed by atoms with Gasteiger partial charge >= 0.3 is 0 Å². The van der Waals surface area contributed by atoms with Gasteiger partial charge in [-0.3, -0.25) is 0 Å². The molecule has 2 rings (SSSR count). The molecule has 56 valence electrons. The zero-order valence-electron chi connectivity index (χ0n) is 5.95. The van der Waals surface area contributed by atoms with Gasteiger partial charge in [0.25, 0.3) is 0 Å². The van der Waals surface area contributed by atoms with Gasteiger partial charge in [-0.1, -0.05) is 12.2 Å². The van der Waals surface area contributed by atoms with Crippen molar-refractivity contribution >= 4 is 0 Å². The summed E-state index contributed by atoms with van der Waals surface area (Å²) >= 11 is 0. The molecule has 2 atom stereocenters. The van der Waals surface area contributed by atoms with E-state index < -0.39 is 0 Å². The van der Waals surface area contributed by atoms with Gasteiger partial charge in [0.2, 0.25) is 0 Å². The molecule has 0 aromatic rings. The molecular weight excluding hydrogens is 128 g/mol. The lowest BCUT2D eigenvalue weighted by Gasteiger charge is -2.31. The highest BCUT2D eigenvalue weighted by atomic mass is 16.7. The van der Waals surface area contributed by atoms with E-state index in [1.807, 2.05) is 0 Å². The highest BCUT2D eigenvalue weighted by Crippen LogP contribution is 2.24. The van der Waals surface area contributed by atoms with Crippen molar-refractivity contribution in [2.75, 3.05) is 13.4 Å². The molecule has 0 bridgehead atoms. The van der Waals surface area contributed by atoms with Crippen LogP contribution in [0.3, 0.4) is 0 Å². The summed E-state index contributed by atoms with van der Waals surface area (Å²) in [6, 6.07) is 0. The van der Waals surface area contributed by atoms with Crippen LogP contribution in [-0.2, 0) is 9.47 Å². The summed E-state index contributed by atoms with van der Waals surface area (Å²) in [5, 5.41) is 0. The minimum Gasteiger partial charge on any atom is -0.355 e. The molecule has 2 nitrogen and oxygen atoms in total. The molecule has 2 unspecified atom stereocenters. The summed E-state index contributed by atoms with van der Waals surface area (Å²) < 4.78 is 10.6. The van der Waals surface area contributed by atoms with Gasteiger partial charge < -0.3 is 9.47 Å². The summed E-state index contributed by atoms with van der Waals surface area (Å²) in [4.78, 5) is 0. The first-order chi connectivity index (χ1) is 4.97. The van der Waals surface area contributed by atoms with Crippen LogP contribution in [0.15, 0.2) is 12.2 Å². The van der Waals surface area contributed by atoms with Crippen molar-refractivity contribution in [3.05, 3.63) is 12.2 Å². The van der Waals surface area contributed by atoms with Crippen LogP contribution < -0.4 is 0 Å². The highest BCUT2D eigenvalue weighted by molar-refractivity contribution is 4.99. The Morgan fingerprint density at radius 3 is 3.30 bits per heavy atom. The fourth-order valence-electron chi connectivity index (χ4n) is 1.56. The monoisotopic (exact) mass is 140 g/mol. The molecule has 2 aliphatic rings. The summed E-state index contributed by atoms with van der Waals surface area (Å²) in [7, 11) is 0. The Kier molecular flexibility index (Phi) is 1.74. The average molecular weight is 140 g/mol. The van der Waals surface area contributed by atoms with Gasteiger partial charge in [0.15, 0.2) is 0 Å². The molecule has 2 heteroatoms. The first-order valence-corrected chi connectivity index (χ1v) is 3.83. The van der Waals surface area contributed by atoms with E-state index in [9.17, 15) is 0 Å². The Balaban J connectivity index is 2.03. The minimum atomic E-state index is 0.350. The molecule has 1 fully saturated rings. The van der Waals surface area contributed by atoms with Gasteiger partial charge in [0, 0.05) is 5.92 Å². The Morgan fingerprint density at radius 1 is 1.40 bits per heavy atom. The van der Waals surface area contributed by atoms with Crippen molar-refractivity contribution in [3.8, 4) is 0 Å². The topological polar surface area (TPSA) is 18.5 Å². The van der Waals surface area contributed by atoms with E-state index in [2.05, 4.69) is 12.2 Å². The summed E-state index contributed by atoms with van der Waals surface area (Å²) in [5.41, 5.74) is 0.